The van der Waals surface area contributed by atoms with Crippen molar-refractivity contribution in [1.82, 2.24) is 24.1 Å². The van der Waals surface area contributed by atoms with Gasteiger partial charge < -0.3 is 11.1 Å². The van der Waals surface area contributed by atoms with Crippen LogP contribution in [0.15, 0.2) is 42.7 Å². The van der Waals surface area contributed by atoms with Gasteiger partial charge >= 0.3 is 6.18 Å². The van der Waals surface area contributed by atoms with E-state index in [1.807, 2.05) is 6.92 Å². The van der Waals surface area contributed by atoms with Crippen LogP contribution < -0.4 is 11.1 Å². The summed E-state index contributed by atoms with van der Waals surface area (Å²) in [6.07, 6.45) is -1.54. The minimum absolute atomic E-state index is 0.0187. The number of hydrogen-bond donors (Lipinski definition) is 2. The van der Waals surface area contributed by atoms with Crippen molar-refractivity contribution in [2.45, 2.75) is 26.1 Å². The molecule has 5 rings (SSSR count). The molecular formula is C28H25ClF3N7O3S. The first-order valence-electron chi connectivity index (χ1n) is 12.9. The largest absolute Gasteiger partial charge is 0.417 e. The van der Waals surface area contributed by atoms with E-state index in [1.165, 1.54) is 23.0 Å². The first-order chi connectivity index (χ1) is 20.2. The van der Waals surface area contributed by atoms with Gasteiger partial charge in [0.1, 0.15) is 17.8 Å². The van der Waals surface area contributed by atoms with E-state index in [0.29, 0.717) is 60.1 Å². The molecule has 10 nitrogen and oxygen atoms in total. The normalized spacial score (nSPS) is 15.8. The van der Waals surface area contributed by atoms with Crippen LogP contribution >= 0.6 is 11.6 Å². The molecule has 3 heterocycles. The van der Waals surface area contributed by atoms with E-state index >= 15 is 0 Å². The summed E-state index contributed by atoms with van der Waals surface area (Å²) in [6.45, 7) is 3.02. The molecule has 1 aliphatic rings. The van der Waals surface area contributed by atoms with Gasteiger partial charge in [-0.05, 0) is 61.1 Å². The summed E-state index contributed by atoms with van der Waals surface area (Å²) < 4.78 is 66.7. The van der Waals surface area contributed by atoms with Crippen LogP contribution in [0.4, 0.5) is 24.7 Å². The Labute approximate surface area is 250 Å². The third-order valence-corrected chi connectivity index (χ3v) is 8.65. The number of carbonyl (C=O) groups is 1. The molecule has 0 aliphatic carbocycles. The third kappa shape index (κ3) is 6.58. The summed E-state index contributed by atoms with van der Waals surface area (Å²) in [5.74, 6) is 5.49. The van der Waals surface area contributed by atoms with E-state index in [-0.39, 0.29) is 17.3 Å². The zero-order valence-electron chi connectivity index (χ0n) is 22.9. The molecule has 1 unspecified atom stereocenters. The van der Waals surface area contributed by atoms with E-state index in [2.05, 4.69) is 32.2 Å². The number of alkyl halides is 3. The highest BCUT2D eigenvalue weighted by molar-refractivity contribution is 7.88. The number of halogens is 4. The van der Waals surface area contributed by atoms with Crippen molar-refractivity contribution in [3.8, 4) is 11.8 Å². The molecule has 2 aromatic carbocycles. The van der Waals surface area contributed by atoms with Gasteiger partial charge in [-0.25, -0.2) is 27.4 Å². The van der Waals surface area contributed by atoms with Crippen molar-refractivity contribution in [2.24, 2.45) is 5.92 Å². The number of nitrogen functional groups attached to an aromatic ring is 1. The summed E-state index contributed by atoms with van der Waals surface area (Å²) in [5, 5.41) is 7.16. The van der Waals surface area contributed by atoms with Crippen LogP contribution in [0.3, 0.4) is 0 Å². The van der Waals surface area contributed by atoms with Gasteiger partial charge in [0, 0.05) is 36.4 Å². The zero-order chi connectivity index (χ0) is 31.1. The van der Waals surface area contributed by atoms with Gasteiger partial charge in [-0.1, -0.05) is 23.6 Å². The number of benzene rings is 2. The highest BCUT2D eigenvalue weighted by atomic mass is 35.5. The van der Waals surface area contributed by atoms with E-state index in [4.69, 9.17) is 17.3 Å². The number of amides is 1. The minimum atomic E-state index is -4.71. The lowest BCUT2D eigenvalue weighted by atomic mass is 10.1. The lowest BCUT2D eigenvalue weighted by Gasteiger charge is -2.13. The van der Waals surface area contributed by atoms with Crippen LogP contribution in [-0.2, 0) is 22.7 Å². The summed E-state index contributed by atoms with van der Waals surface area (Å²) >= 11 is 5.67. The first-order valence-corrected chi connectivity index (χ1v) is 15.2. The molecule has 0 bridgehead atoms. The van der Waals surface area contributed by atoms with Crippen LogP contribution in [0.1, 0.15) is 39.2 Å². The Hall–Kier alpha value is -4.19. The fourth-order valence-corrected chi connectivity index (χ4v) is 5.93. The fraction of sp³-hybridized carbons (Fsp3) is 0.286. The molecule has 2 aromatic heterocycles. The number of nitrogens with two attached hydrogens (primary N) is 1. The van der Waals surface area contributed by atoms with Crippen LogP contribution in [-0.4, -0.2) is 57.7 Å². The van der Waals surface area contributed by atoms with E-state index in [0.717, 1.165) is 11.6 Å². The fourth-order valence-electron chi connectivity index (χ4n) is 4.79. The number of carbonyl (C=O) groups excluding carboxylic acids is 1. The maximum atomic E-state index is 13.2. The van der Waals surface area contributed by atoms with Crippen molar-refractivity contribution >= 4 is 50.1 Å². The lowest BCUT2D eigenvalue weighted by Crippen LogP contribution is -2.28. The molecule has 15 heteroatoms. The van der Waals surface area contributed by atoms with Gasteiger partial charge in [-0.3, -0.25) is 4.79 Å². The average molecular weight is 632 g/mol. The summed E-state index contributed by atoms with van der Waals surface area (Å²) in [5.41, 5.74) is 7.25. The molecule has 1 atom stereocenters. The first kappa shape index (κ1) is 30.3. The smallest absolute Gasteiger partial charge is 0.383 e. The van der Waals surface area contributed by atoms with Crippen molar-refractivity contribution in [3.63, 3.8) is 0 Å². The number of aryl methyl sites for hydroxylation is 1. The monoisotopic (exact) mass is 631 g/mol. The molecule has 224 valence electrons. The Morgan fingerprint density at radius 2 is 1.95 bits per heavy atom. The Kier molecular flexibility index (Phi) is 8.08. The molecule has 3 N–H and O–H groups in total. The Morgan fingerprint density at radius 3 is 2.65 bits per heavy atom. The van der Waals surface area contributed by atoms with Crippen molar-refractivity contribution in [3.05, 3.63) is 75.7 Å². The van der Waals surface area contributed by atoms with E-state index < -0.39 is 32.7 Å². The standard InChI is InChI=1S/C28H25ClF3N7O3S/c1-16-3-6-20(36-27(40)19-4-7-22(29)21(12-19)28(30,31)32)11-18(16)5-8-23-24-25(33)34-15-35-26(24)39(37-23)14-17-9-10-38(13-17)43(2,41)42/h3-4,6-7,11-12,15,17H,9-10,13-14H2,1-2H3,(H,36,40)(H2,33,34,35). The number of aromatic nitrogens is 4. The maximum Gasteiger partial charge on any atom is 0.417 e. The average Bonchev–Trinajstić information content (AvgIpc) is 3.54. The number of hydrogen-bond acceptors (Lipinski definition) is 7. The Balaban J connectivity index is 1.41. The lowest BCUT2D eigenvalue weighted by molar-refractivity contribution is -0.137. The molecule has 43 heavy (non-hydrogen) atoms. The van der Waals surface area contributed by atoms with Crippen LogP contribution in [0.2, 0.25) is 5.02 Å². The van der Waals surface area contributed by atoms with Crippen molar-refractivity contribution < 1.29 is 26.4 Å². The maximum absolute atomic E-state index is 13.2. The van der Waals surface area contributed by atoms with Gasteiger partial charge in [0.2, 0.25) is 10.0 Å². The highest BCUT2D eigenvalue weighted by Gasteiger charge is 2.34. The number of nitrogens with one attached hydrogen (secondary N) is 1. The third-order valence-electron chi connectivity index (χ3n) is 7.05. The molecule has 1 amide bonds. The number of fused-ring (bicyclic) bond motifs is 1. The van der Waals surface area contributed by atoms with Crippen LogP contribution in [0, 0.1) is 24.7 Å². The molecule has 1 saturated heterocycles. The predicted molar refractivity (Wildman–Crippen MR) is 156 cm³/mol. The minimum Gasteiger partial charge on any atom is -0.383 e. The summed E-state index contributed by atoms with van der Waals surface area (Å²) in [7, 11) is -3.29. The molecule has 0 saturated carbocycles. The summed E-state index contributed by atoms with van der Waals surface area (Å²) in [6, 6.07) is 7.85. The topological polar surface area (TPSA) is 136 Å². The van der Waals surface area contributed by atoms with Gasteiger partial charge in [0.25, 0.3) is 5.91 Å². The van der Waals surface area contributed by atoms with Crippen LogP contribution in [0.25, 0.3) is 11.0 Å². The number of nitrogens with zero attached hydrogens (tertiary/aromatic N) is 5. The van der Waals surface area contributed by atoms with E-state index in [1.54, 1.807) is 22.9 Å². The second kappa shape index (κ2) is 11.5. The van der Waals surface area contributed by atoms with Gasteiger partial charge in [0.15, 0.2) is 5.65 Å². The zero-order valence-corrected chi connectivity index (χ0v) is 24.5. The quantitative estimate of drug-likeness (QED) is 0.313. The number of anilines is 2. The van der Waals surface area contributed by atoms with Crippen molar-refractivity contribution in [2.75, 3.05) is 30.4 Å². The predicted octanol–water partition coefficient (Wildman–Crippen LogP) is 4.32. The highest BCUT2D eigenvalue weighted by Crippen LogP contribution is 2.35. The summed E-state index contributed by atoms with van der Waals surface area (Å²) in [4.78, 5) is 21.1. The Bertz CT molecular complexity index is 1920. The molecular weight excluding hydrogens is 607 g/mol. The molecule has 0 radical (unpaired) electrons. The second-order valence-corrected chi connectivity index (χ2v) is 12.6. The number of sulfonamides is 1. The SMILES string of the molecule is Cc1ccc(NC(=O)c2ccc(Cl)c(C(F)(F)F)c2)cc1C#Cc1nn(CC2CCN(S(C)(=O)=O)C2)c2ncnc(N)c12. The van der Waals surface area contributed by atoms with Crippen molar-refractivity contribution in [1.29, 1.82) is 0 Å². The second-order valence-electron chi connectivity index (χ2n) is 10.2. The molecule has 4 aromatic rings. The molecule has 0 spiro atoms. The van der Waals surface area contributed by atoms with Gasteiger partial charge in [-0.2, -0.15) is 18.3 Å². The molecule has 1 aliphatic heterocycles. The van der Waals surface area contributed by atoms with Gasteiger partial charge in [-0.15, -0.1) is 0 Å². The number of rotatable bonds is 5. The van der Waals surface area contributed by atoms with Crippen LogP contribution in [0.5, 0.6) is 0 Å². The molecule has 1 fully saturated rings. The van der Waals surface area contributed by atoms with E-state index in [9.17, 15) is 26.4 Å². The van der Waals surface area contributed by atoms with Gasteiger partial charge in [0.05, 0.1) is 22.2 Å². The Morgan fingerprint density at radius 1 is 1.19 bits per heavy atom.